The maximum Gasteiger partial charge on any atom is 0.262 e. The molecule has 2 heterocycles. The molecule has 10 heteroatoms. The van der Waals surface area contributed by atoms with Gasteiger partial charge in [-0.25, -0.2) is 0 Å². The molecular formula is C24H25Cl2N3O5. The number of anilines is 2. The molecular weight excluding hydrogens is 481 g/mol. The predicted octanol–water partition coefficient (Wildman–Crippen LogP) is 3.66. The van der Waals surface area contributed by atoms with E-state index in [2.05, 4.69) is 10.6 Å². The first-order valence-electron chi connectivity index (χ1n) is 11.1. The molecule has 4 rings (SSSR count). The first-order chi connectivity index (χ1) is 16.4. The lowest BCUT2D eigenvalue weighted by atomic mass is 10.1. The van der Waals surface area contributed by atoms with E-state index in [0.717, 1.165) is 19.4 Å². The molecule has 34 heavy (non-hydrogen) atoms. The van der Waals surface area contributed by atoms with E-state index in [-0.39, 0.29) is 36.9 Å². The number of nitrogens with one attached hydrogen (secondary N) is 2. The van der Waals surface area contributed by atoms with Crippen LogP contribution in [-0.2, 0) is 19.1 Å². The van der Waals surface area contributed by atoms with E-state index in [9.17, 15) is 14.4 Å². The van der Waals surface area contributed by atoms with Crippen molar-refractivity contribution in [3.8, 4) is 5.75 Å². The van der Waals surface area contributed by atoms with Crippen molar-refractivity contribution < 1.29 is 23.9 Å². The molecule has 2 atom stereocenters. The van der Waals surface area contributed by atoms with Crippen molar-refractivity contribution >= 4 is 52.3 Å². The Kier molecular flexibility index (Phi) is 7.92. The van der Waals surface area contributed by atoms with Crippen LogP contribution < -0.4 is 20.3 Å². The monoisotopic (exact) mass is 505 g/mol. The molecule has 0 bridgehead atoms. The van der Waals surface area contributed by atoms with Gasteiger partial charge in [0.25, 0.3) is 5.91 Å². The zero-order valence-corrected chi connectivity index (χ0v) is 19.9. The van der Waals surface area contributed by atoms with E-state index >= 15 is 0 Å². The third-order valence-electron chi connectivity index (χ3n) is 5.69. The lowest BCUT2D eigenvalue weighted by Gasteiger charge is -2.18. The number of benzene rings is 2. The number of ether oxygens (including phenoxy) is 2. The fourth-order valence-electron chi connectivity index (χ4n) is 3.99. The summed E-state index contributed by atoms with van der Waals surface area (Å²) in [6.07, 6.45) is 2.19. The van der Waals surface area contributed by atoms with Gasteiger partial charge in [-0.15, -0.1) is 0 Å². The summed E-state index contributed by atoms with van der Waals surface area (Å²) in [6.45, 7) is 1.32. The zero-order chi connectivity index (χ0) is 24.1. The Bertz CT molecular complexity index is 1040. The van der Waals surface area contributed by atoms with Gasteiger partial charge in [0.15, 0.2) is 6.61 Å². The van der Waals surface area contributed by atoms with E-state index < -0.39 is 5.92 Å². The van der Waals surface area contributed by atoms with Crippen molar-refractivity contribution in [1.29, 1.82) is 0 Å². The highest BCUT2D eigenvalue weighted by molar-refractivity contribution is 6.35. The molecule has 2 fully saturated rings. The SMILES string of the molecule is O=C(COc1ccc(N2C[C@H](C(=O)NC[C@H]3CCCO3)CC2=O)cc1)Nc1cc(Cl)cc(Cl)c1. The van der Waals surface area contributed by atoms with Gasteiger partial charge in [-0.3, -0.25) is 14.4 Å². The number of halogens is 2. The van der Waals surface area contributed by atoms with E-state index in [1.54, 1.807) is 47.4 Å². The Hall–Kier alpha value is -2.81. The number of nitrogens with zero attached hydrogens (tertiary/aromatic N) is 1. The number of rotatable bonds is 8. The van der Waals surface area contributed by atoms with Gasteiger partial charge in [-0.1, -0.05) is 23.2 Å². The normalized spacial score (nSPS) is 19.8. The fourth-order valence-corrected chi connectivity index (χ4v) is 4.52. The summed E-state index contributed by atoms with van der Waals surface area (Å²) < 4.78 is 11.1. The molecule has 2 aliphatic heterocycles. The predicted molar refractivity (Wildman–Crippen MR) is 129 cm³/mol. The second-order valence-corrected chi connectivity index (χ2v) is 9.15. The van der Waals surface area contributed by atoms with Crippen LogP contribution in [0, 0.1) is 5.92 Å². The average Bonchev–Trinajstić information content (AvgIpc) is 3.45. The highest BCUT2D eigenvalue weighted by atomic mass is 35.5. The highest BCUT2D eigenvalue weighted by Crippen LogP contribution is 2.27. The Balaban J connectivity index is 1.26. The van der Waals surface area contributed by atoms with Crippen LogP contribution in [0.2, 0.25) is 10.0 Å². The highest BCUT2D eigenvalue weighted by Gasteiger charge is 2.35. The first kappa shape index (κ1) is 24.3. The van der Waals surface area contributed by atoms with Gasteiger partial charge in [-0.2, -0.15) is 0 Å². The summed E-state index contributed by atoms with van der Waals surface area (Å²) in [6, 6.07) is 11.6. The van der Waals surface area contributed by atoms with Crippen LogP contribution in [0.4, 0.5) is 11.4 Å². The molecule has 2 N–H and O–H groups in total. The molecule has 0 spiro atoms. The molecule has 8 nitrogen and oxygen atoms in total. The van der Waals surface area contributed by atoms with Gasteiger partial charge in [-0.05, 0) is 55.3 Å². The van der Waals surface area contributed by atoms with Gasteiger partial charge in [0.1, 0.15) is 5.75 Å². The summed E-state index contributed by atoms with van der Waals surface area (Å²) >= 11 is 11.9. The van der Waals surface area contributed by atoms with Crippen molar-refractivity contribution in [3.05, 3.63) is 52.5 Å². The standard InChI is InChI=1S/C24H25Cl2N3O5/c25-16-9-17(26)11-18(10-16)28-22(30)14-34-20-5-3-19(4-6-20)29-13-15(8-23(29)31)24(32)27-12-21-2-1-7-33-21/h3-6,9-11,15,21H,1-2,7-8,12-14H2,(H,27,32)(H,28,30)/t15-,21-/m1/s1. The zero-order valence-electron chi connectivity index (χ0n) is 18.4. The van der Waals surface area contributed by atoms with Gasteiger partial charge in [0, 0.05) is 47.5 Å². The molecule has 180 valence electrons. The van der Waals surface area contributed by atoms with Crippen LogP contribution in [0.5, 0.6) is 5.75 Å². The number of amides is 3. The van der Waals surface area contributed by atoms with Crippen molar-refractivity contribution in [2.75, 3.05) is 36.5 Å². The fraction of sp³-hybridized carbons (Fsp3) is 0.375. The van der Waals surface area contributed by atoms with Crippen LogP contribution in [0.15, 0.2) is 42.5 Å². The number of carbonyl (C=O) groups excluding carboxylic acids is 3. The first-order valence-corrected chi connectivity index (χ1v) is 11.8. The molecule has 0 aliphatic carbocycles. The van der Waals surface area contributed by atoms with E-state index in [0.29, 0.717) is 40.3 Å². The molecule has 0 radical (unpaired) electrons. The molecule has 0 unspecified atom stereocenters. The van der Waals surface area contributed by atoms with Crippen LogP contribution in [0.25, 0.3) is 0 Å². The number of hydrogen-bond acceptors (Lipinski definition) is 5. The van der Waals surface area contributed by atoms with Crippen molar-refractivity contribution in [3.63, 3.8) is 0 Å². The lowest BCUT2D eigenvalue weighted by Crippen LogP contribution is -2.37. The Morgan fingerprint density at radius 1 is 1.12 bits per heavy atom. The van der Waals surface area contributed by atoms with Crippen LogP contribution >= 0.6 is 23.2 Å². The van der Waals surface area contributed by atoms with E-state index in [1.807, 2.05) is 0 Å². The van der Waals surface area contributed by atoms with Gasteiger partial charge >= 0.3 is 0 Å². The van der Waals surface area contributed by atoms with Crippen LogP contribution in [-0.4, -0.2) is 50.1 Å². The molecule has 2 aromatic rings. The molecule has 2 saturated heterocycles. The average molecular weight is 506 g/mol. The van der Waals surface area contributed by atoms with Crippen LogP contribution in [0.3, 0.4) is 0 Å². The largest absolute Gasteiger partial charge is 0.484 e. The second kappa shape index (κ2) is 11.1. The molecule has 0 aromatic heterocycles. The Morgan fingerprint density at radius 3 is 2.53 bits per heavy atom. The van der Waals surface area contributed by atoms with Gasteiger partial charge in [0.2, 0.25) is 11.8 Å². The molecule has 0 saturated carbocycles. The minimum absolute atomic E-state index is 0.0649. The van der Waals surface area contributed by atoms with Gasteiger partial charge in [0.05, 0.1) is 12.0 Å². The van der Waals surface area contributed by atoms with E-state index in [4.69, 9.17) is 32.7 Å². The Morgan fingerprint density at radius 2 is 1.85 bits per heavy atom. The lowest BCUT2D eigenvalue weighted by molar-refractivity contribution is -0.126. The summed E-state index contributed by atoms with van der Waals surface area (Å²) in [5.41, 5.74) is 1.15. The third-order valence-corrected chi connectivity index (χ3v) is 6.12. The second-order valence-electron chi connectivity index (χ2n) is 8.27. The van der Waals surface area contributed by atoms with E-state index in [1.165, 1.54) is 0 Å². The minimum Gasteiger partial charge on any atom is -0.484 e. The summed E-state index contributed by atoms with van der Waals surface area (Å²) in [5, 5.41) is 6.40. The van der Waals surface area contributed by atoms with Crippen molar-refractivity contribution in [2.24, 2.45) is 5.92 Å². The minimum atomic E-state index is -0.395. The maximum atomic E-state index is 12.5. The Labute approximate surface area is 207 Å². The summed E-state index contributed by atoms with van der Waals surface area (Å²) in [4.78, 5) is 38.7. The van der Waals surface area contributed by atoms with Crippen molar-refractivity contribution in [2.45, 2.75) is 25.4 Å². The van der Waals surface area contributed by atoms with Crippen molar-refractivity contribution in [1.82, 2.24) is 5.32 Å². The maximum absolute atomic E-state index is 12.5. The third kappa shape index (κ3) is 6.40. The summed E-state index contributed by atoms with van der Waals surface area (Å²) in [7, 11) is 0. The smallest absolute Gasteiger partial charge is 0.262 e. The van der Waals surface area contributed by atoms with Gasteiger partial charge < -0.3 is 25.0 Å². The molecule has 3 amide bonds. The molecule has 2 aromatic carbocycles. The van der Waals surface area contributed by atoms with Crippen LogP contribution in [0.1, 0.15) is 19.3 Å². The number of hydrogen-bond donors (Lipinski definition) is 2. The topological polar surface area (TPSA) is 97.0 Å². The quantitative estimate of drug-likeness (QED) is 0.570. The number of carbonyl (C=O) groups is 3. The molecule has 2 aliphatic rings. The summed E-state index contributed by atoms with van der Waals surface area (Å²) in [5.74, 6) is -0.521.